The summed E-state index contributed by atoms with van der Waals surface area (Å²) in [4.78, 5) is 15.2. The maximum atomic E-state index is 12.7. The van der Waals surface area contributed by atoms with E-state index < -0.39 is 16.1 Å². The van der Waals surface area contributed by atoms with Crippen molar-refractivity contribution >= 4 is 50.5 Å². The van der Waals surface area contributed by atoms with Crippen molar-refractivity contribution in [2.24, 2.45) is 0 Å². The second kappa shape index (κ2) is 9.01. The molecule has 0 saturated heterocycles. The number of carbonyl (C=O) groups excluding carboxylic acids is 1. The van der Waals surface area contributed by atoms with Gasteiger partial charge in [0.1, 0.15) is 0 Å². The zero-order chi connectivity index (χ0) is 19.3. The van der Waals surface area contributed by atoms with Gasteiger partial charge in [-0.2, -0.15) is 4.72 Å². The van der Waals surface area contributed by atoms with Gasteiger partial charge in [-0.3, -0.25) is 4.79 Å². The summed E-state index contributed by atoms with van der Waals surface area (Å²) in [6, 6.07) is 8.38. The van der Waals surface area contributed by atoms with E-state index in [0.717, 1.165) is 4.88 Å². The molecule has 1 atom stereocenters. The largest absolute Gasteiger partial charge is 0.332 e. The first-order valence-corrected chi connectivity index (χ1v) is 10.7. The lowest BCUT2D eigenvalue weighted by Crippen LogP contribution is -2.46. The van der Waals surface area contributed by atoms with Crippen molar-refractivity contribution in [3.8, 4) is 0 Å². The van der Waals surface area contributed by atoms with Gasteiger partial charge in [0.15, 0.2) is 0 Å². The Bertz CT molecular complexity index is 880. The van der Waals surface area contributed by atoms with Crippen LogP contribution in [0.15, 0.2) is 53.9 Å². The minimum atomic E-state index is -3.84. The van der Waals surface area contributed by atoms with E-state index in [2.05, 4.69) is 11.3 Å². The van der Waals surface area contributed by atoms with Gasteiger partial charge in [0, 0.05) is 16.4 Å². The van der Waals surface area contributed by atoms with Crippen LogP contribution in [0.5, 0.6) is 0 Å². The van der Waals surface area contributed by atoms with Crippen LogP contribution >= 0.6 is 34.5 Å². The Hall–Kier alpha value is -1.38. The molecule has 2 aromatic rings. The number of nitrogens with zero attached hydrogens (tertiary/aromatic N) is 1. The quantitative estimate of drug-likeness (QED) is 0.642. The fraction of sp³-hybridized carbons (Fsp3) is 0.235. The molecule has 26 heavy (non-hydrogen) atoms. The smallest absolute Gasteiger partial charge is 0.241 e. The second-order valence-electron chi connectivity index (χ2n) is 5.51. The van der Waals surface area contributed by atoms with Crippen LogP contribution in [-0.2, 0) is 21.4 Å². The Kier molecular flexibility index (Phi) is 7.25. The van der Waals surface area contributed by atoms with E-state index in [1.165, 1.54) is 47.4 Å². The maximum absolute atomic E-state index is 12.7. The molecule has 5 nitrogen and oxygen atoms in total. The summed E-state index contributed by atoms with van der Waals surface area (Å²) < 4.78 is 27.9. The molecule has 1 aromatic carbocycles. The summed E-state index contributed by atoms with van der Waals surface area (Å²) in [5.74, 6) is -0.355. The fourth-order valence-corrected chi connectivity index (χ4v) is 4.68. The molecule has 9 heteroatoms. The monoisotopic (exact) mass is 432 g/mol. The van der Waals surface area contributed by atoms with Gasteiger partial charge in [-0.05, 0) is 43.3 Å². The Morgan fingerprint density at radius 1 is 1.27 bits per heavy atom. The molecule has 0 aliphatic rings. The van der Waals surface area contributed by atoms with Crippen LogP contribution < -0.4 is 4.72 Å². The minimum absolute atomic E-state index is 0.0434. The molecule has 1 heterocycles. The van der Waals surface area contributed by atoms with Crippen LogP contribution in [0.1, 0.15) is 11.8 Å². The van der Waals surface area contributed by atoms with Gasteiger partial charge in [0.2, 0.25) is 15.9 Å². The molecule has 0 aliphatic carbocycles. The molecule has 0 saturated carbocycles. The van der Waals surface area contributed by atoms with Gasteiger partial charge >= 0.3 is 0 Å². The molecule has 1 unspecified atom stereocenters. The Balaban J connectivity index is 2.12. The molecule has 1 N–H and O–H groups in total. The van der Waals surface area contributed by atoms with Gasteiger partial charge < -0.3 is 4.90 Å². The van der Waals surface area contributed by atoms with E-state index in [-0.39, 0.29) is 10.8 Å². The number of rotatable bonds is 8. The van der Waals surface area contributed by atoms with Crippen LogP contribution in [0, 0.1) is 0 Å². The summed E-state index contributed by atoms with van der Waals surface area (Å²) in [5.41, 5.74) is 0. The molecule has 1 aromatic heterocycles. The normalized spacial score (nSPS) is 12.6. The summed E-state index contributed by atoms with van der Waals surface area (Å²) in [6.45, 7) is 5.78. The summed E-state index contributed by atoms with van der Waals surface area (Å²) in [7, 11) is -3.84. The molecular formula is C17H18Cl2N2O3S2. The lowest BCUT2D eigenvalue weighted by Gasteiger charge is -2.24. The van der Waals surface area contributed by atoms with Crippen LogP contribution in [0.4, 0.5) is 0 Å². The number of halogens is 2. The molecule has 2 rings (SSSR count). The van der Waals surface area contributed by atoms with Gasteiger partial charge in [0.05, 0.1) is 21.8 Å². The Labute approximate surface area is 167 Å². The molecular weight excluding hydrogens is 415 g/mol. The number of hydrogen-bond acceptors (Lipinski definition) is 4. The van der Waals surface area contributed by atoms with E-state index >= 15 is 0 Å². The Morgan fingerprint density at radius 3 is 2.46 bits per heavy atom. The Morgan fingerprint density at radius 2 is 1.92 bits per heavy atom. The lowest BCUT2D eigenvalue weighted by atomic mass is 10.3. The zero-order valence-electron chi connectivity index (χ0n) is 14.0. The van der Waals surface area contributed by atoms with E-state index in [4.69, 9.17) is 23.2 Å². The highest BCUT2D eigenvalue weighted by atomic mass is 35.5. The number of hydrogen-bond donors (Lipinski definition) is 1. The number of sulfonamides is 1. The standard InChI is InChI=1S/C17H18Cl2N2O3S2/c1-3-10-21(11-14-6-9-16(19)25-14)17(22)12(2)20-26(23,24)15-7-4-13(18)5-8-15/h3-9,12,20H,1,10-11H2,2H3. The number of benzene rings is 1. The number of nitrogens with one attached hydrogen (secondary N) is 1. The van der Waals surface area contributed by atoms with Crippen molar-refractivity contribution in [3.05, 3.63) is 63.3 Å². The topological polar surface area (TPSA) is 66.5 Å². The van der Waals surface area contributed by atoms with Crippen molar-refractivity contribution in [1.29, 1.82) is 0 Å². The molecule has 0 aliphatic heterocycles. The predicted octanol–water partition coefficient (Wildman–Crippen LogP) is 3.94. The van der Waals surface area contributed by atoms with Gasteiger partial charge in [-0.15, -0.1) is 17.9 Å². The molecule has 0 radical (unpaired) electrons. The molecule has 0 fully saturated rings. The van der Waals surface area contributed by atoms with Crippen LogP contribution in [0.2, 0.25) is 9.36 Å². The van der Waals surface area contributed by atoms with Crippen molar-refractivity contribution < 1.29 is 13.2 Å². The number of thiophene rings is 1. The third kappa shape index (κ3) is 5.56. The molecule has 0 spiro atoms. The lowest BCUT2D eigenvalue weighted by molar-refractivity contribution is -0.132. The summed E-state index contributed by atoms with van der Waals surface area (Å²) in [6.07, 6.45) is 1.59. The van der Waals surface area contributed by atoms with Gasteiger partial charge in [-0.25, -0.2) is 8.42 Å². The fourth-order valence-electron chi connectivity index (χ4n) is 2.25. The van der Waals surface area contributed by atoms with Gasteiger partial charge in [0.25, 0.3) is 0 Å². The number of amides is 1. The highest BCUT2D eigenvalue weighted by Crippen LogP contribution is 2.23. The molecule has 0 bridgehead atoms. The highest BCUT2D eigenvalue weighted by Gasteiger charge is 2.25. The van der Waals surface area contributed by atoms with Crippen molar-refractivity contribution in [2.45, 2.75) is 24.4 Å². The SMILES string of the molecule is C=CCN(Cc1ccc(Cl)s1)C(=O)C(C)NS(=O)(=O)c1ccc(Cl)cc1. The highest BCUT2D eigenvalue weighted by molar-refractivity contribution is 7.89. The second-order valence-corrected chi connectivity index (χ2v) is 9.46. The summed E-state index contributed by atoms with van der Waals surface area (Å²) >= 11 is 13.1. The van der Waals surface area contributed by atoms with E-state index in [9.17, 15) is 13.2 Å². The first-order valence-electron chi connectivity index (χ1n) is 7.64. The first-order chi connectivity index (χ1) is 12.2. The zero-order valence-corrected chi connectivity index (χ0v) is 17.1. The summed E-state index contributed by atoms with van der Waals surface area (Å²) in [5, 5.41) is 0.430. The average molecular weight is 433 g/mol. The molecule has 140 valence electrons. The third-order valence-electron chi connectivity index (χ3n) is 3.46. The van der Waals surface area contributed by atoms with Crippen molar-refractivity contribution in [1.82, 2.24) is 9.62 Å². The van der Waals surface area contributed by atoms with Crippen LogP contribution in [-0.4, -0.2) is 31.8 Å². The van der Waals surface area contributed by atoms with Crippen LogP contribution in [0.3, 0.4) is 0 Å². The van der Waals surface area contributed by atoms with E-state index in [0.29, 0.717) is 22.4 Å². The minimum Gasteiger partial charge on any atom is -0.332 e. The van der Waals surface area contributed by atoms with E-state index in [1.54, 1.807) is 12.1 Å². The maximum Gasteiger partial charge on any atom is 0.241 e. The number of carbonyl (C=O) groups is 1. The van der Waals surface area contributed by atoms with Gasteiger partial charge in [-0.1, -0.05) is 29.3 Å². The van der Waals surface area contributed by atoms with Crippen molar-refractivity contribution in [3.63, 3.8) is 0 Å². The van der Waals surface area contributed by atoms with Crippen molar-refractivity contribution in [2.75, 3.05) is 6.54 Å². The third-order valence-corrected chi connectivity index (χ3v) is 6.49. The van der Waals surface area contributed by atoms with E-state index in [1.807, 2.05) is 6.07 Å². The van der Waals surface area contributed by atoms with Crippen LogP contribution in [0.25, 0.3) is 0 Å². The predicted molar refractivity (Wildman–Crippen MR) is 106 cm³/mol. The molecule has 1 amide bonds. The average Bonchev–Trinajstić information content (AvgIpc) is 2.98. The first kappa shape index (κ1) is 20.9.